The van der Waals surface area contributed by atoms with Crippen LogP contribution in [0.1, 0.15) is 46.5 Å². The topological polar surface area (TPSA) is 132 Å². The van der Waals surface area contributed by atoms with Crippen LogP contribution in [0.3, 0.4) is 0 Å². The Morgan fingerprint density at radius 2 is 1.83 bits per heavy atom. The third-order valence-electron chi connectivity index (χ3n) is 7.48. The normalized spacial score (nSPS) is 17.5. The highest BCUT2D eigenvalue weighted by atomic mass is 32.2. The Bertz CT molecular complexity index is 1410. The van der Waals surface area contributed by atoms with E-state index in [1.165, 1.54) is 22.7 Å². The van der Waals surface area contributed by atoms with Gasteiger partial charge < -0.3 is 25.7 Å². The molecule has 3 atom stereocenters. The summed E-state index contributed by atoms with van der Waals surface area (Å²) in [5.74, 6) is -1.31. The van der Waals surface area contributed by atoms with E-state index in [1.54, 1.807) is 31.5 Å². The van der Waals surface area contributed by atoms with E-state index in [1.807, 2.05) is 57.2 Å². The van der Waals surface area contributed by atoms with E-state index < -0.39 is 34.7 Å². The maximum atomic E-state index is 13.8. The summed E-state index contributed by atoms with van der Waals surface area (Å²) < 4.78 is -0.611. The summed E-state index contributed by atoms with van der Waals surface area (Å²) in [6.45, 7) is 7.60. The van der Waals surface area contributed by atoms with Crippen molar-refractivity contribution in [3.8, 4) is 5.75 Å². The molecule has 10 heteroatoms. The van der Waals surface area contributed by atoms with E-state index in [0.29, 0.717) is 5.56 Å². The van der Waals surface area contributed by atoms with Gasteiger partial charge in [-0.15, -0.1) is 11.8 Å². The number of nitrogens with zero attached hydrogens (tertiary/aromatic N) is 2. The second kappa shape index (κ2) is 12.7. The highest BCUT2D eigenvalue weighted by Crippen LogP contribution is 2.40. The average Bonchev–Trinajstić information content (AvgIpc) is 3.28. The Kier molecular flexibility index (Phi) is 9.35. The molecule has 1 aliphatic rings. The number of aliphatic hydroxyl groups excluding tert-OH is 1. The highest BCUT2D eigenvalue weighted by Gasteiger charge is 2.49. The number of aryl methyl sites for hydroxylation is 1. The molecule has 1 saturated heterocycles. The summed E-state index contributed by atoms with van der Waals surface area (Å²) in [5.41, 5.74) is 3.31. The van der Waals surface area contributed by atoms with E-state index >= 15 is 0 Å². The van der Waals surface area contributed by atoms with Crippen LogP contribution in [0, 0.1) is 13.8 Å². The van der Waals surface area contributed by atoms with Crippen LogP contribution in [0.25, 0.3) is 0 Å². The van der Waals surface area contributed by atoms with Gasteiger partial charge in [0.05, 0.1) is 11.9 Å². The van der Waals surface area contributed by atoms with E-state index in [4.69, 9.17) is 0 Å². The molecule has 41 heavy (non-hydrogen) atoms. The van der Waals surface area contributed by atoms with Gasteiger partial charge in [0.2, 0.25) is 5.91 Å². The molecule has 1 fully saturated rings. The quantitative estimate of drug-likeness (QED) is 0.308. The molecule has 4 rings (SSSR count). The predicted octanol–water partition coefficient (Wildman–Crippen LogP) is 3.10. The summed E-state index contributed by atoms with van der Waals surface area (Å²) in [6, 6.07) is 13.9. The molecule has 3 aromatic rings. The Hall–Kier alpha value is -3.89. The molecular weight excluding hydrogens is 540 g/mol. The van der Waals surface area contributed by atoms with Crippen LogP contribution >= 0.6 is 11.8 Å². The Morgan fingerprint density at radius 3 is 2.54 bits per heavy atom. The number of amides is 3. The van der Waals surface area contributed by atoms with Gasteiger partial charge in [0.25, 0.3) is 11.8 Å². The van der Waals surface area contributed by atoms with Crippen LogP contribution in [-0.2, 0) is 22.6 Å². The summed E-state index contributed by atoms with van der Waals surface area (Å²) in [5, 5.41) is 27.3. The molecule has 0 spiro atoms. The fraction of sp³-hybridized carbons (Fsp3) is 0.355. The lowest BCUT2D eigenvalue weighted by atomic mass is 9.96. The third-order valence-corrected chi connectivity index (χ3v) is 8.85. The lowest BCUT2D eigenvalue weighted by Crippen LogP contribution is -2.58. The molecular formula is C31H36N4O5S. The number of hydrogen-bond acceptors (Lipinski definition) is 7. The van der Waals surface area contributed by atoms with Gasteiger partial charge in [-0.1, -0.05) is 36.4 Å². The number of pyridine rings is 1. The lowest BCUT2D eigenvalue weighted by molar-refractivity contribution is -0.147. The van der Waals surface area contributed by atoms with E-state index in [0.717, 1.165) is 16.7 Å². The van der Waals surface area contributed by atoms with Crippen LogP contribution in [-0.4, -0.2) is 66.6 Å². The summed E-state index contributed by atoms with van der Waals surface area (Å²) in [7, 11) is 0. The van der Waals surface area contributed by atoms with Crippen molar-refractivity contribution in [2.45, 2.75) is 63.6 Å². The Balaban J connectivity index is 1.56. The van der Waals surface area contributed by atoms with Crippen LogP contribution in [0.5, 0.6) is 5.75 Å². The molecule has 2 heterocycles. The molecule has 0 radical (unpaired) electrons. The maximum absolute atomic E-state index is 13.8. The minimum atomic E-state index is -1.62. The van der Waals surface area contributed by atoms with E-state index in [9.17, 15) is 24.6 Å². The summed E-state index contributed by atoms with van der Waals surface area (Å²) >= 11 is 1.45. The number of hydrogen-bond donors (Lipinski definition) is 4. The molecule has 0 bridgehead atoms. The summed E-state index contributed by atoms with van der Waals surface area (Å²) in [6.07, 6.45) is 1.94. The van der Waals surface area contributed by atoms with Gasteiger partial charge in [-0.25, -0.2) is 0 Å². The highest BCUT2D eigenvalue weighted by molar-refractivity contribution is 8.00. The predicted molar refractivity (Wildman–Crippen MR) is 158 cm³/mol. The number of thioether (sulfide) groups is 1. The SMILES string of the molecule is Cc1ccncc1CNC(=O)[C@H]1N(C(=O)[C@@H](O)[C@H](Cc2ccccc2)NC(=O)c2cccc(O)c2C)CSC1(C)C. The molecule has 216 valence electrons. The van der Waals surface area contributed by atoms with Gasteiger partial charge in [-0.2, -0.15) is 0 Å². The minimum Gasteiger partial charge on any atom is -0.508 e. The monoisotopic (exact) mass is 576 g/mol. The van der Waals surface area contributed by atoms with Crippen molar-refractivity contribution in [2.24, 2.45) is 0 Å². The van der Waals surface area contributed by atoms with Crippen molar-refractivity contribution in [3.63, 3.8) is 0 Å². The standard InChI is InChI=1S/C31H36N4O5S/c1-19-13-14-32-16-22(19)17-33-29(39)27-31(3,4)41-18-35(27)30(40)26(37)24(15-21-9-6-5-7-10-21)34-28(38)23-11-8-12-25(36)20(23)2/h5-14,16,24,26-27,36-37H,15,17-18H2,1-4H3,(H,33,39)(H,34,38)/t24-,26-,27+/m0/s1. The molecule has 4 N–H and O–H groups in total. The number of benzene rings is 2. The fourth-order valence-corrected chi connectivity index (χ4v) is 6.08. The number of phenolic OH excluding ortho intramolecular Hbond substituents is 1. The van der Waals surface area contributed by atoms with Crippen molar-refractivity contribution in [2.75, 3.05) is 5.88 Å². The number of aliphatic hydroxyl groups is 1. The lowest BCUT2D eigenvalue weighted by Gasteiger charge is -2.33. The second-order valence-electron chi connectivity index (χ2n) is 10.8. The molecule has 0 aliphatic carbocycles. The van der Waals surface area contributed by atoms with Crippen molar-refractivity contribution < 1.29 is 24.6 Å². The molecule has 1 aromatic heterocycles. The van der Waals surface area contributed by atoms with Crippen LogP contribution in [0.2, 0.25) is 0 Å². The van der Waals surface area contributed by atoms with Gasteiger partial charge in [-0.3, -0.25) is 19.4 Å². The minimum absolute atomic E-state index is 0.0273. The largest absolute Gasteiger partial charge is 0.508 e. The Morgan fingerprint density at radius 1 is 1.10 bits per heavy atom. The van der Waals surface area contributed by atoms with Crippen LogP contribution in [0.15, 0.2) is 67.0 Å². The average molecular weight is 577 g/mol. The molecule has 3 amide bonds. The number of aromatic nitrogens is 1. The van der Waals surface area contributed by atoms with Crippen molar-refractivity contribution in [3.05, 3.63) is 94.8 Å². The number of phenols is 1. The molecule has 0 saturated carbocycles. The zero-order valence-electron chi connectivity index (χ0n) is 23.6. The fourth-order valence-electron chi connectivity index (χ4n) is 4.94. The maximum Gasteiger partial charge on any atom is 0.254 e. The smallest absolute Gasteiger partial charge is 0.254 e. The Labute approximate surface area is 244 Å². The first-order valence-electron chi connectivity index (χ1n) is 13.4. The number of carbonyl (C=O) groups excluding carboxylic acids is 3. The van der Waals surface area contributed by atoms with Gasteiger partial charge in [0.15, 0.2) is 6.10 Å². The second-order valence-corrected chi connectivity index (χ2v) is 12.4. The number of nitrogens with one attached hydrogen (secondary N) is 2. The van der Waals surface area contributed by atoms with Crippen LogP contribution < -0.4 is 10.6 Å². The first kappa shape index (κ1) is 30.1. The van der Waals surface area contributed by atoms with Crippen LogP contribution in [0.4, 0.5) is 0 Å². The third kappa shape index (κ3) is 6.89. The number of carbonyl (C=O) groups is 3. The molecule has 2 aromatic carbocycles. The molecule has 0 unspecified atom stereocenters. The van der Waals surface area contributed by atoms with E-state index in [2.05, 4.69) is 15.6 Å². The zero-order chi connectivity index (χ0) is 29.7. The molecule has 9 nitrogen and oxygen atoms in total. The number of rotatable bonds is 9. The van der Waals surface area contributed by atoms with Crippen molar-refractivity contribution in [1.82, 2.24) is 20.5 Å². The summed E-state index contributed by atoms with van der Waals surface area (Å²) in [4.78, 5) is 46.1. The van der Waals surface area contributed by atoms with Gasteiger partial charge >= 0.3 is 0 Å². The number of aromatic hydroxyl groups is 1. The van der Waals surface area contributed by atoms with Crippen molar-refractivity contribution >= 4 is 29.5 Å². The first-order chi connectivity index (χ1) is 19.5. The van der Waals surface area contributed by atoms with Gasteiger partial charge in [0, 0.05) is 34.8 Å². The first-order valence-corrected chi connectivity index (χ1v) is 14.4. The van der Waals surface area contributed by atoms with E-state index in [-0.39, 0.29) is 36.1 Å². The zero-order valence-corrected chi connectivity index (χ0v) is 24.4. The molecule has 1 aliphatic heterocycles. The van der Waals surface area contributed by atoms with Crippen molar-refractivity contribution in [1.29, 1.82) is 0 Å². The van der Waals surface area contributed by atoms with Gasteiger partial charge in [0.1, 0.15) is 11.8 Å². The van der Waals surface area contributed by atoms with Gasteiger partial charge in [-0.05, 0) is 69.0 Å².